The van der Waals surface area contributed by atoms with Crippen LogP contribution >= 0.6 is 11.6 Å². The van der Waals surface area contributed by atoms with Crippen LogP contribution in [0.4, 0.5) is 0 Å². The molecule has 2 aromatic rings. The Morgan fingerprint density at radius 1 is 1.14 bits per heavy atom. The molecule has 0 bridgehead atoms. The van der Waals surface area contributed by atoms with E-state index in [-0.39, 0.29) is 24.8 Å². The lowest BCUT2D eigenvalue weighted by Gasteiger charge is -2.17. The second kappa shape index (κ2) is 6.59. The Bertz CT molecular complexity index is 684. The van der Waals surface area contributed by atoms with Gasteiger partial charge < -0.3 is 10.4 Å². The molecule has 4 nitrogen and oxygen atoms in total. The van der Waals surface area contributed by atoms with E-state index in [4.69, 9.17) is 16.7 Å². The number of aliphatic carboxylic acids is 1. The summed E-state index contributed by atoms with van der Waals surface area (Å²) >= 11 is 6.17. The molecule has 21 heavy (non-hydrogen) atoms. The average Bonchev–Trinajstić information content (AvgIpc) is 2.45. The third-order valence-electron chi connectivity index (χ3n) is 3.31. The van der Waals surface area contributed by atoms with Gasteiger partial charge in [0, 0.05) is 16.8 Å². The fourth-order valence-electron chi connectivity index (χ4n) is 2.28. The maximum Gasteiger partial charge on any atom is 0.303 e. The van der Waals surface area contributed by atoms with Gasteiger partial charge in [0.2, 0.25) is 5.91 Å². The SMILES string of the molecule is CC(NC(=O)CCC(=O)O)c1ccc(Cl)c2ccccc12. The summed E-state index contributed by atoms with van der Waals surface area (Å²) in [5.74, 6) is -1.25. The molecule has 2 N–H and O–H groups in total. The van der Waals surface area contributed by atoms with E-state index in [0.29, 0.717) is 5.02 Å². The Labute approximate surface area is 127 Å². The van der Waals surface area contributed by atoms with Crippen LogP contribution < -0.4 is 5.32 Å². The number of nitrogens with one attached hydrogen (secondary N) is 1. The Balaban J connectivity index is 2.20. The van der Waals surface area contributed by atoms with Crippen molar-refractivity contribution in [2.75, 3.05) is 0 Å². The van der Waals surface area contributed by atoms with Crippen molar-refractivity contribution in [3.8, 4) is 0 Å². The van der Waals surface area contributed by atoms with Crippen molar-refractivity contribution in [2.24, 2.45) is 0 Å². The number of carbonyl (C=O) groups excluding carboxylic acids is 1. The largest absolute Gasteiger partial charge is 0.481 e. The molecule has 1 amide bonds. The second-order valence-electron chi connectivity index (χ2n) is 4.87. The van der Waals surface area contributed by atoms with Gasteiger partial charge in [-0.3, -0.25) is 9.59 Å². The van der Waals surface area contributed by atoms with Crippen LogP contribution in [0.2, 0.25) is 5.02 Å². The van der Waals surface area contributed by atoms with E-state index in [1.54, 1.807) is 6.07 Å². The highest BCUT2D eigenvalue weighted by Gasteiger charge is 2.14. The number of amides is 1. The van der Waals surface area contributed by atoms with Gasteiger partial charge in [-0.1, -0.05) is 41.9 Å². The first-order chi connectivity index (χ1) is 9.99. The monoisotopic (exact) mass is 305 g/mol. The van der Waals surface area contributed by atoms with Gasteiger partial charge in [-0.25, -0.2) is 0 Å². The maximum atomic E-state index is 11.7. The normalized spacial score (nSPS) is 12.1. The van der Waals surface area contributed by atoms with Crippen molar-refractivity contribution in [2.45, 2.75) is 25.8 Å². The molecular weight excluding hydrogens is 290 g/mol. The van der Waals surface area contributed by atoms with Gasteiger partial charge in [-0.05, 0) is 23.9 Å². The van der Waals surface area contributed by atoms with Gasteiger partial charge in [0.15, 0.2) is 0 Å². The predicted molar refractivity (Wildman–Crippen MR) is 82.4 cm³/mol. The highest BCUT2D eigenvalue weighted by Crippen LogP contribution is 2.29. The molecule has 0 aliphatic heterocycles. The van der Waals surface area contributed by atoms with E-state index < -0.39 is 5.97 Å². The van der Waals surface area contributed by atoms with Crippen molar-refractivity contribution in [1.82, 2.24) is 5.32 Å². The molecule has 0 saturated heterocycles. The Kier molecular flexibility index (Phi) is 4.81. The summed E-state index contributed by atoms with van der Waals surface area (Å²) < 4.78 is 0. The zero-order valence-electron chi connectivity index (χ0n) is 11.6. The summed E-state index contributed by atoms with van der Waals surface area (Å²) in [6.07, 6.45) is -0.189. The van der Waals surface area contributed by atoms with E-state index >= 15 is 0 Å². The molecule has 2 aromatic carbocycles. The Morgan fingerprint density at radius 3 is 2.48 bits per heavy atom. The fraction of sp³-hybridized carbons (Fsp3) is 0.250. The van der Waals surface area contributed by atoms with E-state index in [2.05, 4.69) is 5.32 Å². The zero-order chi connectivity index (χ0) is 15.4. The second-order valence-corrected chi connectivity index (χ2v) is 5.27. The van der Waals surface area contributed by atoms with E-state index in [1.165, 1.54) is 0 Å². The fourth-order valence-corrected chi connectivity index (χ4v) is 2.50. The lowest BCUT2D eigenvalue weighted by atomic mass is 9.99. The number of carboxylic acids is 1. The van der Waals surface area contributed by atoms with Crippen LogP contribution in [0.5, 0.6) is 0 Å². The summed E-state index contributed by atoms with van der Waals surface area (Å²) in [5.41, 5.74) is 0.957. The van der Waals surface area contributed by atoms with E-state index in [9.17, 15) is 9.59 Å². The number of rotatable bonds is 5. The van der Waals surface area contributed by atoms with Crippen molar-refractivity contribution >= 4 is 34.2 Å². The van der Waals surface area contributed by atoms with Crippen LogP contribution in [-0.2, 0) is 9.59 Å². The minimum absolute atomic E-state index is 0.0226. The average molecular weight is 306 g/mol. The van der Waals surface area contributed by atoms with Crippen LogP contribution in [-0.4, -0.2) is 17.0 Å². The molecule has 0 fully saturated rings. The van der Waals surface area contributed by atoms with E-state index in [0.717, 1.165) is 16.3 Å². The van der Waals surface area contributed by atoms with E-state index in [1.807, 2.05) is 37.3 Å². The van der Waals surface area contributed by atoms with Crippen LogP contribution in [0.25, 0.3) is 10.8 Å². The number of carboxylic acid groups (broad SMARTS) is 1. The molecule has 0 radical (unpaired) electrons. The van der Waals surface area contributed by atoms with Crippen molar-refractivity contribution in [3.05, 3.63) is 47.0 Å². The maximum absolute atomic E-state index is 11.7. The topological polar surface area (TPSA) is 66.4 Å². The number of hydrogen-bond acceptors (Lipinski definition) is 2. The van der Waals surface area contributed by atoms with Crippen LogP contribution in [0.3, 0.4) is 0 Å². The molecule has 110 valence electrons. The minimum Gasteiger partial charge on any atom is -0.481 e. The minimum atomic E-state index is -0.977. The number of carbonyl (C=O) groups is 2. The smallest absolute Gasteiger partial charge is 0.303 e. The first-order valence-electron chi connectivity index (χ1n) is 6.67. The molecule has 5 heteroatoms. The van der Waals surface area contributed by atoms with Crippen molar-refractivity contribution < 1.29 is 14.7 Å². The number of fused-ring (bicyclic) bond motifs is 1. The quantitative estimate of drug-likeness (QED) is 0.888. The molecule has 0 spiro atoms. The molecule has 0 heterocycles. The lowest BCUT2D eigenvalue weighted by Crippen LogP contribution is -2.27. The molecule has 1 unspecified atom stereocenters. The molecule has 0 aromatic heterocycles. The van der Waals surface area contributed by atoms with Gasteiger partial charge in [-0.2, -0.15) is 0 Å². The highest BCUT2D eigenvalue weighted by molar-refractivity contribution is 6.35. The predicted octanol–water partition coefficient (Wildman–Crippen LogP) is 3.54. The molecule has 2 rings (SSSR count). The first kappa shape index (κ1) is 15.3. The van der Waals surface area contributed by atoms with Gasteiger partial charge in [0.25, 0.3) is 0 Å². The van der Waals surface area contributed by atoms with Gasteiger partial charge in [0.05, 0.1) is 12.5 Å². The number of halogens is 1. The van der Waals surface area contributed by atoms with Gasteiger partial charge in [0.1, 0.15) is 0 Å². The summed E-state index contributed by atoms with van der Waals surface area (Å²) in [6, 6.07) is 11.2. The van der Waals surface area contributed by atoms with Gasteiger partial charge in [-0.15, -0.1) is 0 Å². The lowest BCUT2D eigenvalue weighted by molar-refractivity contribution is -0.138. The Hall–Kier alpha value is -2.07. The van der Waals surface area contributed by atoms with Crippen LogP contribution in [0.1, 0.15) is 31.4 Å². The third kappa shape index (κ3) is 3.73. The molecule has 0 aliphatic carbocycles. The third-order valence-corrected chi connectivity index (χ3v) is 3.64. The number of hydrogen-bond donors (Lipinski definition) is 2. The molecule has 0 saturated carbocycles. The summed E-state index contributed by atoms with van der Waals surface area (Å²) in [5, 5.41) is 14.0. The summed E-state index contributed by atoms with van der Waals surface area (Å²) in [7, 11) is 0. The van der Waals surface area contributed by atoms with Crippen molar-refractivity contribution in [3.63, 3.8) is 0 Å². The zero-order valence-corrected chi connectivity index (χ0v) is 12.4. The van der Waals surface area contributed by atoms with Crippen LogP contribution in [0.15, 0.2) is 36.4 Å². The standard InChI is InChI=1S/C16H16ClNO3/c1-10(18-15(19)8-9-16(20)21)11-6-7-14(17)13-5-3-2-4-12(11)13/h2-7,10H,8-9H2,1H3,(H,18,19)(H,20,21). The van der Waals surface area contributed by atoms with Crippen molar-refractivity contribution in [1.29, 1.82) is 0 Å². The first-order valence-corrected chi connectivity index (χ1v) is 7.05. The summed E-state index contributed by atoms with van der Waals surface area (Å²) in [6.45, 7) is 1.87. The van der Waals surface area contributed by atoms with Gasteiger partial charge >= 0.3 is 5.97 Å². The van der Waals surface area contributed by atoms with Crippen LogP contribution in [0, 0.1) is 0 Å². The molecule has 1 atom stereocenters. The highest BCUT2D eigenvalue weighted by atomic mass is 35.5. The Morgan fingerprint density at radius 2 is 1.81 bits per heavy atom. The summed E-state index contributed by atoms with van der Waals surface area (Å²) in [4.78, 5) is 22.2. The number of benzene rings is 2. The molecule has 0 aliphatic rings. The molecular formula is C16H16ClNO3.